The molecule has 2 aromatic heterocycles. The summed E-state index contributed by atoms with van der Waals surface area (Å²) in [4.78, 5) is 9.70. The molecule has 0 aliphatic carbocycles. The van der Waals surface area contributed by atoms with E-state index in [1.165, 1.54) is 4.88 Å². The summed E-state index contributed by atoms with van der Waals surface area (Å²) in [5.41, 5.74) is 1.86. The third-order valence-electron chi connectivity index (χ3n) is 2.58. The minimum absolute atomic E-state index is 0.307. The lowest BCUT2D eigenvalue weighted by Crippen LogP contribution is -2.22. The molecule has 0 aliphatic rings. The molecule has 0 radical (unpaired) electrons. The lowest BCUT2D eigenvalue weighted by Gasteiger charge is -2.15. The van der Waals surface area contributed by atoms with E-state index in [0.29, 0.717) is 6.04 Å². The van der Waals surface area contributed by atoms with Gasteiger partial charge in [0, 0.05) is 37.1 Å². The standard InChI is InChI=1S/C11H16N4S/c1-3-10(11-13-4-5-15(11)2)14-7-9-6-12-8-16-9/h4-6,8,10,14H,3,7H2,1-2H3. The molecule has 0 fully saturated rings. The zero-order chi connectivity index (χ0) is 11.4. The normalized spacial score (nSPS) is 12.9. The van der Waals surface area contributed by atoms with Gasteiger partial charge in [-0.1, -0.05) is 6.92 Å². The number of aryl methyl sites for hydroxylation is 1. The van der Waals surface area contributed by atoms with Crippen LogP contribution in [0.1, 0.15) is 30.1 Å². The zero-order valence-electron chi connectivity index (χ0n) is 9.55. The van der Waals surface area contributed by atoms with Crippen molar-refractivity contribution in [1.82, 2.24) is 19.9 Å². The largest absolute Gasteiger partial charge is 0.337 e. The van der Waals surface area contributed by atoms with Crippen LogP contribution < -0.4 is 5.32 Å². The second-order valence-electron chi connectivity index (χ2n) is 3.71. The van der Waals surface area contributed by atoms with Crippen molar-refractivity contribution in [1.29, 1.82) is 0 Å². The molecule has 0 aromatic carbocycles. The second kappa shape index (κ2) is 5.23. The van der Waals surface area contributed by atoms with Crippen molar-refractivity contribution < 1.29 is 0 Å². The summed E-state index contributed by atoms with van der Waals surface area (Å²) >= 11 is 1.68. The predicted octanol–water partition coefficient (Wildman–Crippen LogP) is 2.12. The smallest absolute Gasteiger partial charge is 0.125 e. The summed E-state index contributed by atoms with van der Waals surface area (Å²) in [7, 11) is 2.03. The number of imidazole rings is 1. The molecule has 2 aromatic rings. The third kappa shape index (κ3) is 2.48. The fourth-order valence-corrected chi connectivity index (χ4v) is 2.23. The zero-order valence-corrected chi connectivity index (χ0v) is 10.4. The fourth-order valence-electron chi connectivity index (χ4n) is 1.68. The van der Waals surface area contributed by atoms with Crippen molar-refractivity contribution in [3.63, 3.8) is 0 Å². The molecular weight excluding hydrogens is 220 g/mol. The molecule has 0 bridgehead atoms. The monoisotopic (exact) mass is 236 g/mol. The number of rotatable bonds is 5. The number of thiazole rings is 1. The van der Waals surface area contributed by atoms with Crippen molar-refractivity contribution in [2.75, 3.05) is 0 Å². The van der Waals surface area contributed by atoms with Gasteiger partial charge in [0.25, 0.3) is 0 Å². The topological polar surface area (TPSA) is 42.7 Å². The van der Waals surface area contributed by atoms with Crippen LogP contribution in [0.15, 0.2) is 24.1 Å². The second-order valence-corrected chi connectivity index (χ2v) is 4.68. The number of nitrogens with zero attached hydrogens (tertiary/aromatic N) is 3. The van der Waals surface area contributed by atoms with E-state index in [2.05, 4.69) is 26.8 Å². The van der Waals surface area contributed by atoms with Crippen LogP contribution in [-0.2, 0) is 13.6 Å². The van der Waals surface area contributed by atoms with Gasteiger partial charge >= 0.3 is 0 Å². The van der Waals surface area contributed by atoms with E-state index >= 15 is 0 Å². The van der Waals surface area contributed by atoms with Gasteiger partial charge in [-0.2, -0.15) is 0 Å². The lowest BCUT2D eigenvalue weighted by atomic mass is 10.2. The van der Waals surface area contributed by atoms with E-state index in [0.717, 1.165) is 18.8 Å². The Kier molecular flexibility index (Phi) is 3.69. The number of hydrogen-bond acceptors (Lipinski definition) is 4. The van der Waals surface area contributed by atoms with E-state index in [9.17, 15) is 0 Å². The van der Waals surface area contributed by atoms with Crippen LogP contribution in [0.25, 0.3) is 0 Å². The van der Waals surface area contributed by atoms with Crippen LogP contribution in [0.2, 0.25) is 0 Å². The lowest BCUT2D eigenvalue weighted by molar-refractivity contribution is 0.483. The molecule has 0 amide bonds. The molecule has 0 saturated carbocycles. The minimum atomic E-state index is 0.307. The molecule has 5 heteroatoms. The van der Waals surface area contributed by atoms with Crippen molar-refractivity contribution in [3.8, 4) is 0 Å². The quantitative estimate of drug-likeness (QED) is 0.864. The van der Waals surface area contributed by atoms with E-state index in [1.54, 1.807) is 11.3 Å². The summed E-state index contributed by atoms with van der Waals surface area (Å²) in [6.07, 6.45) is 6.76. The molecule has 1 atom stereocenters. The van der Waals surface area contributed by atoms with Crippen LogP contribution >= 0.6 is 11.3 Å². The first kappa shape index (κ1) is 11.3. The Hall–Kier alpha value is -1.20. The maximum absolute atomic E-state index is 4.38. The first-order valence-electron chi connectivity index (χ1n) is 5.39. The van der Waals surface area contributed by atoms with Gasteiger partial charge in [-0.05, 0) is 6.42 Å². The van der Waals surface area contributed by atoms with E-state index in [4.69, 9.17) is 0 Å². The van der Waals surface area contributed by atoms with E-state index in [1.807, 2.05) is 31.1 Å². The number of nitrogens with one attached hydrogen (secondary N) is 1. The Labute approximate surface area is 99.4 Å². The van der Waals surface area contributed by atoms with Crippen molar-refractivity contribution in [3.05, 3.63) is 34.8 Å². The van der Waals surface area contributed by atoms with Crippen LogP contribution in [0, 0.1) is 0 Å². The summed E-state index contributed by atoms with van der Waals surface area (Å²) in [6.45, 7) is 3.02. The number of aromatic nitrogens is 3. The average molecular weight is 236 g/mol. The van der Waals surface area contributed by atoms with Crippen molar-refractivity contribution >= 4 is 11.3 Å². The first-order chi connectivity index (χ1) is 7.81. The average Bonchev–Trinajstić information content (AvgIpc) is 2.92. The van der Waals surface area contributed by atoms with Crippen LogP contribution in [-0.4, -0.2) is 14.5 Å². The molecule has 16 heavy (non-hydrogen) atoms. The highest BCUT2D eigenvalue weighted by atomic mass is 32.1. The molecule has 4 nitrogen and oxygen atoms in total. The van der Waals surface area contributed by atoms with E-state index < -0.39 is 0 Å². The highest BCUT2D eigenvalue weighted by Crippen LogP contribution is 2.15. The van der Waals surface area contributed by atoms with Gasteiger partial charge in [0.2, 0.25) is 0 Å². The molecule has 2 rings (SSSR count). The summed E-state index contributed by atoms with van der Waals surface area (Å²) in [5, 5.41) is 3.50. The maximum Gasteiger partial charge on any atom is 0.125 e. The number of hydrogen-bond donors (Lipinski definition) is 1. The molecule has 1 unspecified atom stereocenters. The van der Waals surface area contributed by atoms with Gasteiger partial charge in [0.05, 0.1) is 11.6 Å². The van der Waals surface area contributed by atoms with E-state index in [-0.39, 0.29) is 0 Å². The predicted molar refractivity (Wildman–Crippen MR) is 65.2 cm³/mol. The van der Waals surface area contributed by atoms with Gasteiger partial charge < -0.3 is 9.88 Å². The van der Waals surface area contributed by atoms with Gasteiger partial charge in [-0.3, -0.25) is 4.98 Å². The summed E-state index contributed by atoms with van der Waals surface area (Å²) < 4.78 is 2.06. The molecule has 86 valence electrons. The molecule has 0 aliphatic heterocycles. The Bertz CT molecular complexity index is 421. The van der Waals surface area contributed by atoms with Crippen LogP contribution in [0.4, 0.5) is 0 Å². The first-order valence-corrected chi connectivity index (χ1v) is 6.27. The van der Waals surface area contributed by atoms with Crippen LogP contribution in [0.3, 0.4) is 0 Å². The SMILES string of the molecule is CCC(NCc1cncs1)c1nccn1C. The third-order valence-corrected chi connectivity index (χ3v) is 3.36. The molecule has 0 saturated heterocycles. The highest BCUT2D eigenvalue weighted by molar-refractivity contribution is 7.09. The Balaban J connectivity index is 1.99. The fraction of sp³-hybridized carbons (Fsp3) is 0.455. The van der Waals surface area contributed by atoms with Gasteiger partial charge in [-0.25, -0.2) is 4.98 Å². The molecule has 0 spiro atoms. The maximum atomic E-state index is 4.38. The minimum Gasteiger partial charge on any atom is -0.337 e. The van der Waals surface area contributed by atoms with Crippen molar-refractivity contribution in [2.45, 2.75) is 25.9 Å². The van der Waals surface area contributed by atoms with Gasteiger partial charge in [0.1, 0.15) is 5.82 Å². The summed E-state index contributed by atoms with van der Waals surface area (Å²) in [6, 6.07) is 0.307. The Morgan fingerprint density at radius 3 is 3.00 bits per heavy atom. The Morgan fingerprint density at radius 2 is 2.44 bits per heavy atom. The highest BCUT2D eigenvalue weighted by Gasteiger charge is 2.13. The molecule has 1 N–H and O–H groups in total. The van der Waals surface area contributed by atoms with Gasteiger partial charge in [0.15, 0.2) is 0 Å². The van der Waals surface area contributed by atoms with Gasteiger partial charge in [-0.15, -0.1) is 11.3 Å². The molecule has 2 heterocycles. The van der Waals surface area contributed by atoms with Crippen LogP contribution in [0.5, 0.6) is 0 Å². The summed E-state index contributed by atoms with van der Waals surface area (Å²) in [5.74, 6) is 1.09. The molecular formula is C11H16N4S. The van der Waals surface area contributed by atoms with Crippen molar-refractivity contribution in [2.24, 2.45) is 7.05 Å². The Morgan fingerprint density at radius 1 is 1.56 bits per heavy atom.